The third-order valence-electron chi connectivity index (χ3n) is 3.62. The van der Waals surface area contributed by atoms with Crippen LogP contribution in [-0.2, 0) is 13.6 Å². The van der Waals surface area contributed by atoms with Crippen molar-refractivity contribution in [3.8, 4) is 11.3 Å². The molecule has 0 radical (unpaired) electrons. The number of nitrogens with one attached hydrogen (secondary N) is 1. The molecule has 0 spiro atoms. The summed E-state index contributed by atoms with van der Waals surface area (Å²) in [5.74, 6) is 0. The van der Waals surface area contributed by atoms with Gasteiger partial charge in [0.05, 0.1) is 11.4 Å². The van der Waals surface area contributed by atoms with Crippen LogP contribution in [0.4, 0.5) is 0 Å². The lowest BCUT2D eigenvalue weighted by molar-refractivity contribution is 0.716. The summed E-state index contributed by atoms with van der Waals surface area (Å²) < 4.78 is 1.96. The van der Waals surface area contributed by atoms with Gasteiger partial charge in [-0.3, -0.25) is 4.68 Å². The Kier molecular flexibility index (Phi) is 3.53. The van der Waals surface area contributed by atoms with Gasteiger partial charge in [0.25, 0.3) is 0 Å². The number of hydrogen-bond acceptors (Lipinski definition) is 2. The molecule has 0 saturated heterocycles. The topological polar surface area (TPSA) is 29.9 Å². The molecular weight excluding hydrogens is 222 g/mol. The molecule has 2 aromatic rings. The molecule has 18 heavy (non-hydrogen) atoms. The highest BCUT2D eigenvalue weighted by atomic mass is 15.3. The van der Waals surface area contributed by atoms with Crippen LogP contribution in [-0.4, -0.2) is 16.8 Å². The predicted molar refractivity (Wildman–Crippen MR) is 75.6 cm³/mol. The fraction of sp³-hybridized carbons (Fsp3) is 0.400. The lowest BCUT2D eigenvalue weighted by Crippen LogP contribution is -2.05. The zero-order valence-corrected chi connectivity index (χ0v) is 11.8. The number of aromatic nitrogens is 2. The molecule has 0 bridgehead atoms. The highest BCUT2D eigenvalue weighted by molar-refractivity contribution is 5.66. The van der Waals surface area contributed by atoms with Crippen LogP contribution >= 0.6 is 0 Å². The molecule has 96 valence electrons. The van der Waals surface area contributed by atoms with E-state index in [9.17, 15) is 0 Å². The van der Waals surface area contributed by atoms with Crippen molar-refractivity contribution in [2.24, 2.45) is 7.05 Å². The molecule has 3 heteroatoms. The Morgan fingerprint density at radius 2 is 1.89 bits per heavy atom. The molecule has 0 atom stereocenters. The Labute approximate surface area is 109 Å². The fourth-order valence-electron chi connectivity index (χ4n) is 2.28. The smallest absolute Gasteiger partial charge is 0.0768 e. The van der Waals surface area contributed by atoms with Gasteiger partial charge in [0.15, 0.2) is 0 Å². The summed E-state index contributed by atoms with van der Waals surface area (Å²) >= 11 is 0. The highest BCUT2D eigenvalue weighted by Gasteiger charge is 2.11. The summed E-state index contributed by atoms with van der Waals surface area (Å²) in [4.78, 5) is 0. The number of nitrogens with zero attached hydrogens (tertiary/aromatic N) is 2. The van der Waals surface area contributed by atoms with E-state index in [1.165, 1.54) is 27.9 Å². The molecule has 0 aliphatic rings. The van der Waals surface area contributed by atoms with E-state index in [-0.39, 0.29) is 0 Å². The Hall–Kier alpha value is -1.61. The molecule has 0 amide bonds. The molecule has 3 nitrogen and oxygen atoms in total. The van der Waals surface area contributed by atoms with Crippen LogP contribution in [0.3, 0.4) is 0 Å². The van der Waals surface area contributed by atoms with Crippen molar-refractivity contribution >= 4 is 0 Å². The Balaban J connectivity index is 2.52. The van der Waals surface area contributed by atoms with Gasteiger partial charge in [0.1, 0.15) is 0 Å². The number of aryl methyl sites for hydroxylation is 2. The lowest BCUT2D eigenvalue weighted by atomic mass is 9.97. The summed E-state index contributed by atoms with van der Waals surface area (Å²) in [6.45, 7) is 7.32. The van der Waals surface area contributed by atoms with E-state index in [0.29, 0.717) is 0 Å². The van der Waals surface area contributed by atoms with Crippen LogP contribution in [0, 0.1) is 20.8 Å². The number of benzene rings is 1. The van der Waals surface area contributed by atoms with E-state index >= 15 is 0 Å². The first-order valence-electron chi connectivity index (χ1n) is 6.29. The molecule has 2 rings (SSSR count). The number of hydrogen-bond donors (Lipinski definition) is 1. The summed E-state index contributed by atoms with van der Waals surface area (Å²) in [5, 5.41) is 7.66. The maximum Gasteiger partial charge on any atom is 0.0768 e. The molecule has 0 aliphatic heterocycles. The van der Waals surface area contributed by atoms with Crippen LogP contribution in [0.2, 0.25) is 0 Å². The van der Waals surface area contributed by atoms with Gasteiger partial charge in [0, 0.05) is 19.2 Å². The third kappa shape index (κ3) is 2.18. The van der Waals surface area contributed by atoms with Crippen molar-refractivity contribution in [1.29, 1.82) is 0 Å². The standard InChI is InChI=1S/C15H21N3/c1-10-6-7-14(12(3)11(10)2)15-8-13(9-16-4)17-18(15)5/h6-8,16H,9H2,1-5H3. The molecule has 1 N–H and O–H groups in total. The summed E-state index contributed by atoms with van der Waals surface area (Å²) in [7, 11) is 3.94. The monoisotopic (exact) mass is 243 g/mol. The van der Waals surface area contributed by atoms with Gasteiger partial charge in [-0.2, -0.15) is 5.10 Å². The van der Waals surface area contributed by atoms with Crippen LogP contribution in [0.25, 0.3) is 11.3 Å². The average Bonchev–Trinajstić information content (AvgIpc) is 2.68. The molecule has 1 aromatic heterocycles. The SMILES string of the molecule is CNCc1cc(-c2ccc(C)c(C)c2C)n(C)n1. The Bertz CT molecular complexity index is 567. The fourth-order valence-corrected chi connectivity index (χ4v) is 2.28. The van der Waals surface area contributed by atoms with E-state index in [0.717, 1.165) is 12.2 Å². The average molecular weight is 243 g/mol. The molecule has 0 fully saturated rings. The van der Waals surface area contributed by atoms with E-state index in [1.54, 1.807) is 0 Å². The summed E-state index contributed by atoms with van der Waals surface area (Å²) in [6, 6.07) is 6.54. The normalized spacial score (nSPS) is 10.9. The van der Waals surface area contributed by atoms with Gasteiger partial charge >= 0.3 is 0 Å². The largest absolute Gasteiger partial charge is 0.314 e. The molecule has 0 aliphatic carbocycles. The minimum Gasteiger partial charge on any atom is -0.314 e. The van der Waals surface area contributed by atoms with Crippen LogP contribution in [0.1, 0.15) is 22.4 Å². The van der Waals surface area contributed by atoms with Crippen molar-refractivity contribution < 1.29 is 0 Å². The van der Waals surface area contributed by atoms with Crippen molar-refractivity contribution in [2.75, 3.05) is 7.05 Å². The van der Waals surface area contributed by atoms with Crippen molar-refractivity contribution in [3.05, 3.63) is 40.6 Å². The number of rotatable bonds is 3. The van der Waals surface area contributed by atoms with E-state index in [4.69, 9.17) is 0 Å². The lowest BCUT2D eigenvalue weighted by Gasteiger charge is -2.11. The molecule has 1 aromatic carbocycles. The minimum absolute atomic E-state index is 0.803. The second-order valence-corrected chi connectivity index (χ2v) is 4.85. The van der Waals surface area contributed by atoms with Crippen molar-refractivity contribution in [1.82, 2.24) is 15.1 Å². The Morgan fingerprint density at radius 1 is 1.17 bits per heavy atom. The van der Waals surface area contributed by atoms with Gasteiger partial charge in [-0.25, -0.2) is 0 Å². The Morgan fingerprint density at radius 3 is 2.56 bits per heavy atom. The quantitative estimate of drug-likeness (QED) is 0.898. The second kappa shape index (κ2) is 4.94. The molecule has 0 unspecified atom stereocenters. The van der Waals surface area contributed by atoms with Crippen LogP contribution in [0.15, 0.2) is 18.2 Å². The van der Waals surface area contributed by atoms with E-state index < -0.39 is 0 Å². The second-order valence-electron chi connectivity index (χ2n) is 4.85. The first-order valence-corrected chi connectivity index (χ1v) is 6.29. The van der Waals surface area contributed by atoms with Gasteiger partial charge in [0.2, 0.25) is 0 Å². The van der Waals surface area contributed by atoms with Crippen molar-refractivity contribution in [3.63, 3.8) is 0 Å². The van der Waals surface area contributed by atoms with Crippen LogP contribution < -0.4 is 5.32 Å². The summed E-state index contributed by atoms with van der Waals surface area (Å²) in [6.07, 6.45) is 0. The first kappa shape index (κ1) is 12.8. The molecule has 0 saturated carbocycles. The minimum atomic E-state index is 0.803. The van der Waals surface area contributed by atoms with Gasteiger partial charge in [-0.1, -0.05) is 12.1 Å². The zero-order valence-electron chi connectivity index (χ0n) is 11.8. The third-order valence-corrected chi connectivity index (χ3v) is 3.62. The van der Waals surface area contributed by atoms with E-state index in [2.05, 4.69) is 49.4 Å². The highest BCUT2D eigenvalue weighted by Crippen LogP contribution is 2.27. The van der Waals surface area contributed by atoms with Crippen molar-refractivity contribution in [2.45, 2.75) is 27.3 Å². The maximum atomic E-state index is 4.52. The van der Waals surface area contributed by atoms with Gasteiger partial charge in [-0.15, -0.1) is 0 Å². The predicted octanol–water partition coefficient (Wildman–Crippen LogP) is 2.73. The van der Waals surface area contributed by atoms with Gasteiger partial charge < -0.3 is 5.32 Å². The van der Waals surface area contributed by atoms with Crippen LogP contribution in [0.5, 0.6) is 0 Å². The molecule has 1 heterocycles. The summed E-state index contributed by atoms with van der Waals surface area (Å²) in [5.41, 5.74) is 7.58. The maximum absolute atomic E-state index is 4.52. The molecular formula is C15H21N3. The zero-order chi connectivity index (χ0) is 13.3. The van der Waals surface area contributed by atoms with E-state index in [1.807, 2.05) is 18.8 Å². The first-order chi connectivity index (χ1) is 8.54. The van der Waals surface area contributed by atoms with Gasteiger partial charge in [-0.05, 0) is 50.6 Å².